The Hall–Kier alpha value is -2.49. The third kappa shape index (κ3) is 5.76. The highest BCUT2D eigenvalue weighted by Gasteiger charge is 2.35. The number of hydrogen-bond donors (Lipinski definition) is 0. The molecule has 0 spiro atoms. The van der Waals surface area contributed by atoms with Crippen molar-refractivity contribution in [3.63, 3.8) is 0 Å². The van der Waals surface area contributed by atoms with Gasteiger partial charge in [-0.25, -0.2) is 4.39 Å². The first-order chi connectivity index (χ1) is 16.3. The number of hydrogen-bond acceptors (Lipinski definition) is 4. The smallest absolute Gasteiger partial charge is 0.282 e. The van der Waals surface area contributed by atoms with Crippen molar-refractivity contribution >= 4 is 16.1 Å². The summed E-state index contributed by atoms with van der Waals surface area (Å²) in [6, 6.07) is 13.1. The van der Waals surface area contributed by atoms with Crippen LogP contribution in [0, 0.1) is 5.82 Å². The van der Waals surface area contributed by atoms with Crippen LogP contribution in [-0.2, 0) is 16.8 Å². The lowest BCUT2D eigenvalue weighted by Gasteiger charge is -2.38. The van der Waals surface area contributed by atoms with Crippen LogP contribution >= 0.6 is 0 Å². The normalized spacial score (nSPS) is 18.3. The highest BCUT2D eigenvalue weighted by molar-refractivity contribution is 7.86. The fraction of sp³-hybridized carbons (Fsp3) is 0.480. The molecule has 0 bridgehead atoms. The first kappa shape index (κ1) is 24.6. The maximum absolute atomic E-state index is 13.1. The standard InChI is InChI=1S/C25H32FN3O4S/c1-27(23-7-3-2-4-8-23)34(31,32)29-16-14-28(15-17-29)25(30)21-6-5-9-24(18-21)33-19-20-10-12-22(26)13-11-20/h5-6,9-13,18,23H,2-4,7-8,14-17,19H2,1H3. The minimum Gasteiger partial charge on any atom is -0.489 e. The van der Waals surface area contributed by atoms with Gasteiger partial charge in [0.2, 0.25) is 0 Å². The topological polar surface area (TPSA) is 70.2 Å². The molecule has 9 heteroatoms. The molecular formula is C25H32FN3O4S. The van der Waals surface area contributed by atoms with Crippen LogP contribution in [0.15, 0.2) is 48.5 Å². The zero-order chi connectivity index (χ0) is 24.1. The molecule has 0 atom stereocenters. The van der Waals surface area contributed by atoms with Gasteiger partial charge in [0.25, 0.3) is 16.1 Å². The summed E-state index contributed by atoms with van der Waals surface area (Å²) < 4.78 is 48.0. The number of piperazine rings is 1. The van der Waals surface area contributed by atoms with Crippen LogP contribution in [0.2, 0.25) is 0 Å². The van der Waals surface area contributed by atoms with Crippen LogP contribution < -0.4 is 4.74 Å². The Kier molecular flexibility index (Phi) is 7.85. The van der Waals surface area contributed by atoms with E-state index in [0.717, 1.165) is 31.2 Å². The zero-order valence-corrected chi connectivity index (χ0v) is 20.3. The molecule has 4 rings (SSSR count). The molecule has 1 aliphatic carbocycles. The van der Waals surface area contributed by atoms with Gasteiger partial charge in [-0.15, -0.1) is 0 Å². The quantitative estimate of drug-likeness (QED) is 0.595. The van der Waals surface area contributed by atoms with E-state index in [4.69, 9.17) is 4.74 Å². The second-order valence-corrected chi connectivity index (χ2v) is 10.9. The summed E-state index contributed by atoms with van der Waals surface area (Å²) in [6.45, 7) is 1.52. The van der Waals surface area contributed by atoms with Crippen LogP contribution in [0.4, 0.5) is 4.39 Å². The fourth-order valence-corrected chi connectivity index (χ4v) is 6.16. The fourth-order valence-electron chi connectivity index (χ4n) is 4.59. The maximum Gasteiger partial charge on any atom is 0.282 e. The summed E-state index contributed by atoms with van der Waals surface area (Å²) in [7, 11) is -1.85. The first-order valence-electron chi connectivity index (χ1n) is 11.8. The van der Waals surface area contributed by atoms with E-state index in [-0.39, 0.29) is 37.5 Å². The number of amides is 1. The van der Waals surface area contributed by atoms with E-state index in [1.54, 1.807) is 48.3 Å². The van der Waals surface area contributed by atoms with Crippen molar-refractivity contribution < 1.29 is 22.3 Å². The van der Waals surface area contributed by atoms with Gasteiger partial charge >= 0.3 is 0 Å². The van der Waals surface area contributed by atoms with Gasteiger partial charge in [0.1, 0.15) is 18.2 Å². The summed E-state index contributed by atoms with van der Waals surface area (Å²) in [4.78, 5) is 14.7. The molecule has 0 unspecified atom stereocenters. The number of ether oxygens (including phenoxy) is 1. The second kappa shape index (κ2) is 10.8. The monoisotopic (exact) mass is 489 g/mol. The maximum atomic E-state index is 13.1. The molecular weight excluding hydrogens is 457 g/mol. The number of carbonyl (C=O) groups excluding carboxylic acids is 1. The van der Waals surface area contributed by atoms with Crippen molar-refractivity contribution in [3.05, 3.63) is 65.5 Å². The van der Waals surface area contributed by atoms with E-state index < -0.39 is 10.2 Å². The van der Waals surface area contributed by atoms with Crippen LogP contribution in [-0.4, -0.2) is 67.1 Å². The number of nitrogens with zero attached hydrogens (tertiary/aromatic N) is 3. The lowest BCUT2D eigenvalue weighted by Crippen LogP contribution is -2.55. The van der Waals surface area contributed by atoms with E-state index in [1.807, 2.05) is 0 Å². The summed E-state index contributed by atoms with van der Waals surface area (Å²) in [5, 5.41) is 0. The van der Waals surface area contributed by atoms with E-state index >= 15 is 0 Å². The van der Waals surface area contributed by atoms with Crippen LogP contribution in [0.25, 0.3) is 0 Å². The Balaban J connectivity index is 1.33. The average molecular weight is 490 g/mol. The van der Waals surface area contributed by atoms with E-state index in [1.165, 1.54) is 27.2 Å². The molecule has 2 aromatic carbocycles. The average Bonchev–Trinajstić information content (AvgIpc) is 2.88. The number of halogens is 1. The number of rotatable bonds is 7. The molecule has 2 aliphatic rings. The molecule has 184 valence electrons. The van der Waals surface area contributed by atoms with Crippen LogP contribution in [0.5, 0.6) is 5.75 Å². The van der Waals surface area contributed by atoms with Gasteiger partial charge in [-0.05, 0) is 48.7 Å². The van der Waals surface area contributed by atoms with Crippen molar-refractivity contribution in [2.45, 2.75) is 44.8 Å². The second-order valence-electron chi connectivity index (χ2n) is 8.95. The predicted octanol–water partition coefficient (Wildman–Crippen LogP) is 3.67. The van der Waals surface area contributed by atoms with Gasteiger partial charge in [0, 0.05) is 44.8 Å². The molecule has 0 radical (unpaired) electrons. The van der Waals surface area contributed by atoms with Gasteiger partial charge < -0.3 is 9.64 Å². The van der Waals surface area contributed by atoms with E-state index in [0.29, 0.717) is 24.4 Å². The van der Waals surface area contributed by atoms with Gasteiger partial charge in [0.05, 0.1) is 0 Å². The van der Waals surface area contributed by atoms with Crippen molar-refractivity contribution in [2.24, 2.45) is 0 Å². The molecule has 1 saturated carbocycles. The molecule has 2 aromatic rings. The zero-order valence-electron chi connectivity index (χ0n) is 19.5. The predicted molar refractivity (Wildman–Crippen MR) is 128 cm³/mol. The molecule has 0 N–H and O–H groups in total. The minimum absolute atomic E-state index is 0.0658. The van der Waals surface area contributed by atoms with Crippen molar-refractivity contribution in [1.82, 2.24) is 13.5 Å². The summed E-state index contributed by atoms with van der Waals surface area (Å²) >= 11 is 0. The summed E-state index contributed by atoms with van der Waals surface area (Å²) in [5.74, 6) is 0.0975. The van der Waals surface area contributed by atoms with Crippen LogP contribution in [0.1, 0.15) is 48.0 Å². The van der Waals surface area contributed by atoms with Gasteiger partial charge in [-0.3, -0.25) is 4.79 Å². The molecule has 1 saturated heterocycles. The van der Waals surface area contributed by atoms with E-state index in [9.17, 15) is 17.6 Å². The Morgan fingerprint density at radius 2 is 1.71 bits per heavy atom. The first-order valence-corrected chi connectivity index (χ1v) is 13.2. The molecule has 1 heterocycles. The Bertz CT molecular complexity index is 1080. The largest absolute Gasteiger partial charge is 0.489 e. The number of carbonyl (C=O) groups is 1. The molecule has 7 nitrogen and oxygen atoms in total. The summed E-state index contributed by atoms with van der Waals surface area (Å²) in [5.41, 5.74) is 1.32. The number of benzene rings is 2. The highest BCUT2D eigenvalue weighted by Crippen LogP contribution is 2.25. The van der Waals surface area contributed by atoms with Crippen molar-refractivity contribution in [2.75, 3.05) is 33.2 Å². The Morgan fingerprint density at radius 3 is 2.38 bits per heavy atom. The molecule has 34 heavy (non-hydrogen) atoms. The SMILES string of the molecule is CN(C1CCCCC1)S(=O)(=O)N1CCN(C(=O)c2cccc(OCc3ccc(F)cc3)c2)CC1. The van der Waals surface area contributed by atoms with Gasteiger partial charge in [0.15, 0.2) is 0 Å². The molecule has 1 amide bonds. The molecule has 1 aliphatic heterocycles. The van der Waals surface area contributed by atoms with Crippen molar-refractivity contribution in [1.29, 1.82) is 0 Å². The van der Waals surface area contributed by atoms with Gasteiger partial charge in [-0.1, -0.05) is 37.5 Å². The lowest BCUT2D eigenvalue weighted by molar-refractivity contribution is 0.0692. The third-order valence-electron chi connectivity index (χ3n) is 6.70. The van der Waals surface area contributed by atoms with Crippen molar-refractivity contribution in [3.8, 4) is 5.75 Å². The van der Waals surface area contributed by atoms with E-state index in [2.05, 4.69) is 0 Å². The third-order valence-corrected chi connectivity index (χ3v) is 8.75. The summed E-state index contributed by atoms with van der Waals surface area (Å²) in [6.07, 6.45) is 5.13. The highest BCUT2D eigenvalue weighted by atomic mass is 32.2. The lowest BCUT2D eigenvalue weighted by atomic mass is 9.96. The molecule has 0 aromatic heterocycles. The minimum atomic E-state index is -3.53. The van der Waals surface area contributed by atoms with Gasteiger partial charge in [-0.2, -0.15) is 17.0 Å². The molecule has 2 fully saturated rings. The van der Waals surface area contributed by atoms with Crippen LogP contribution in [0.3, 0.4) is 0 Å². The Labute approximate surface area is 201 Å². The Morgan fingerprint density at radius 1 is 1.03 bits per heavy atom.